The summed E-state index contributed by atoms with van der Waals surface area (Å²) in [5, 5.41) is 18.1. The molecule has 0 atom stereocenters. The lowest BCUT2D eigenvalue weighted by Crippen LogP contribution is -2.36. The van der Waals surface area contributed by atoms with Gasteiger partial charge in [-0.05, 0) is 12.1 Å². The third-order valence-electron chi connectivity index (χ3n) is 1.51. The number of rotatable bonds is 1. The van der Waals surface area contributed by atoms with Crippen LogP contribution in [0.25, 0.3) is 5.69 Å². The molecule has 0 radical (unpaired) electrons. The summed E-state index contributed by atoms with van der Waals surface area (Å²) in [5.74, 6) is 0. The Hall–Kier alpha value is -1.33. The van der Waals surface area contributed by atoms with Crippen LogP contribution < -0.4 is 9.90 Å². The number of benzene rings is 1. The zero-order chi connectivity index (χ0) is 10.1. The van der Waals surface area contributed by atoms with Crippen molar-refractivity contribution in [2.24, 2.45) is 0 Å². The van der Waals surface area contributed by atoms with E-state index in [1.807, 2.05) is 0 Å². The molecular weight excluding hydrogens is 229 g/mol. The van der Waals surface area contributed by atoms with Crippen LogP contribution in [0.1, 0.15) is 0 Å². The Balaban J connectivity index is 2.61. The van der Waals surface area contributed by atoms with E-state index in [1.54, 1.807) is 18.2 Å². The van der Waals surface area contributed by atoms with Gasteiger partial charge in [0, 0.05) is 0 Å². The first-order valence-corrected chi connectivity index (χ1v) is 4.32. The third-order valence-corrected chi connectivity index (χ3v) is 2.12. The number of aromatic nitrogens is 3. The Morgan fingerprint density at radius 2 is 1.93 bits per heavy atom. The van der Waals surface area contributed by atoms with E-state index in [2.05, 4.69) is 14.9 Å². The van der Waals surface area contributed by atoms with Crippen molar-refractivity contribution in [2.45, 2.75) is 0 Å². The van der Waals surface area contributed by atoms with E-state index in [1.165, 1.54) is 0 Å². The summed E-state index contributed by atoms with van der Waals surface area (Å²) in [6.45, 7) is 0. The fourth-order valence-electron chi connectivity index (χ4n) is 0.958. The van der Waals surface area contributed by atoms with Gasteiger partial charge < -0.3 is 9.63 Å². The molecule has 0 saturated heterocycles. The van der Waals surface area contributed by atoms with Crippen LogP contribution in [-0.4, -0.2) is 10.4 Å². The van der Waals surface area contributed by atoms with E-state index in [9.17, 15) is 5.11 Å². The molecule has 0 aliphatic heterocycles. The van der Waals surface area contributed by atoms with Crippen LogP contribution in [0, 0.1) is 0 Å². The van der Waals surface area contributed by atoms with Crippen molar-refractivity contribution in [3.05, 3.63) is 28.2 Å². The molecule has 1 heterocycles. The normalized spacial score (nSPS) is 10.4. The molecule has 0 bridgehead atoms. The van der Waals surface area contributed by atoms with Crippen LogP contribution in [0.3, 0.4) is 0 Å². The molecule has 0 aliphatic rings. The van der Waals surface area contributed by atoms with Crippen molar-refractivity contribution < 1.29 is 14.4 Å². The largest absolute Gasteiger partial charge is 0.523 e. The molecule has 0 spiro atoms. The summed E-state index contributed by atoms with van der Waals surface area (Å²) in [6, 6.07) is 4.89. The number of halogens is 2. The highest BCUT2D eigenvalue weighted by Gasteiger charge is 2.20. The molecule has 1 aromatic heterocycles. The number of hydrogen-bond donors (Lipinski definition) is 0. The zero-order valence-corrected chi connectivity index (χ0v) is 8.16. The average Bonchev–Trinajstić information content (AvgIpc) is 2.51. The van der Waals surface area contributed by atoms with Gasteiger partial charge in [-0.1, -0.05) is 29.3 Å². The third kappa shape index (κ3) is 1.51. The molecule has 2 rings (SSSR count). The Bertz CT molecular complexity index is 451. The van der Waals surface area contributed by atoms with Crippen molar-refractivity contribution in [3.63, 3.8) is 0 Å². The maximum Gasteiger partial charge on any atom is 0.306 e. The monoisotopic (exact) mass is 231 g/mol. The lowest BCUT2D eigenvalue weighted by Gasteiger charge is -1.92. The van der Waals surface area contributed by atoms with Crippen LogP contribution in [0.2, 0.25) is 10.0 Å². The van der Waals surface area contributed by atoms with Gasteiger partial charge in [-0.25, -0.2) is 0 Å². The molecular formula is C7H3Cl2N3O2. The van der Waals surface area contributed by atoms with Gasteiger partial charge in [0.2, 0.25) is 6.08 Å². The average molecular weight is 232 g/mol. The van der Waals surface area contributed by atoms with Crippen molar-refractivity contribution in [3.8, 4) is 11.8 Å². The highest BCUT2D eigenvalue weighted by Crippen LogP contribution is 2.23. The second-order valence-corrected chi connectivity index (χ2v) is 3.21. The fourth-order valence-corrected chi connectivity index (χ4v) is 1.51. The fraction of sp³-hybridized carbons (Fsp3) is 0. The second-order valence-electron chi connectivity index (χ2n) is 2.40. The van der Waals surface area contributed by atoms with E-state index in [4.69, 9.17) is 23.2 Å². The van der Waals surface area contributed by atoms with Gasteiger partial charge in [0.25, 0.3) is 0 Å². The minimum Gasteiger partial charge on any atom is -0.523 e. The predicted molar refractivity (Wildman–Crippen MR) is 45.3 cm³/mol. The minimum absolute atomic E-state index is 0.321. The Morgan fingerprint density at radius 1 is 1.29 bits per heavy atom. The van der Waals surface area contributed by atoms with Gasteiger partial charge >= 0.3 is 5.69 Å². The van der Waals surface area contributed by atoms with Gasteiger partial charge in [0.05, 0.1) is 9.90 Å². The molecule has 0 unspecified atom stereocenters. The molecule has 7 heteroatoms. The Morgan fingerprint density at radius 3 is 2.43 bits per heavy atom. The summed E-state index contributed by atoms with van der Waals surface area (Å²) >= 11 is 11.7. The molecule has 72 valence electrons. The SMILES string of the molecule is [O-]c1n[n+](-c2c(Cl)cccc2Cl)no1. The molecule has 5 nitrogen and oxygen atoms in total. The Kier molecular flexibility index (Phi) is 2.26. The van der Waals surface area contributed by atoms with E-state index in [0.29, 0.717) is 15.7 Å². The van der Waals surface area contributed by atoms with Crippen LogP contribution in [-0.2, 0) is 0 Å². The highest BCUT2D eigenvalue weighted by molar-refractivity contribution is 6.37. The minimum atomic E-state index is -0.805. The first kappa shape index (κ1) is 9.23. The Labute approximate surface area is 88.4 Å². The first-order chi connectivity index (χ1) is 6.68. The van der Waals surface area contributed by atoms with E-state index in [-0.39, 0.29) is 0 Å². The van der Waals surface area contributed by atoms with Crippen molar-refractivity contribution >= 4 is 23.2 Å². The topological polar surface area (TPSA) is 65.9 Å². The molecule has 0 saturated carbocycles. The summed E-state index contributed by atoms with van der Waals surface area (Å²) in [4.78, 5) is 0.951. The van der Waals surface area contributed by atoms with Crippen LogP contribution in [0.4, 0.5) is 0 Å². The lowest BCUT2D eigenvalue weighted by molar-refractivity contribution is -0.725. The predicted octanol–water partition coefficient (Wildman–Crippen LogP) is 0.727. The van der Waals surface area contributed by atoms with Crippen molar-refractivity contribution in [1.29, 1.82) is 0 Å². The van der Waals surface area contributed by atoms with E-state index in [0.717, 1.165) is 4.80 Å². The van der Waals surface area contributed by atoms with Crippen LogP contribution >= 0.6 is 23.2 Å². The molecule has 2 aromatic rings. The second kappa shape index (κ2) is 3.43. The summed E-state index contributed by atoms with van der Waals surface area (Å²) in [6.07, 6.45) is -0.805. The van der Waals surface area contributed by atoms with Crippen molar-refractivity contribution in [2.75, 3.05) is 0 Å². The molecule has 0 fully saturated rings. The van der Waals surface area contributed by atoms with E-state index < -0.39 is 6.08 Å². The summed E-state index contributed by atoms with van der Waals surface area (Å²) in [7, 11) is 0. The summed E-state index contributed by atoms with van der Waals surface area (Å²) in [5.41, 5.74) is 0.321. The summed E-state index contributed by atoms with van der Waals surface area (Å²) < 4.78 is 4.26. The maximum atomic E-state index is 10.6. The van der Waals surface area contributed by atoms with Crippen LogP contribution in [0.5, 0.6) is 6.08 Å². The molecule has 0 N–H and O–H groups in total. The zero-order valence-electron chi connectivity index (χ0n) is 6.65. The maximum absolute atomic E-state index is 10.6. The van der Waals surface area contributed by atoms with Crippen LogP contribution in [0.15, 0.2) is 22.7 Å². The molecule has 0 amide bonds. The molecule has 1 aromatic carbocycles. The van der Waals surface area contributed by atoms with Gasteiger partial charge in [-0.2, -0.15) is 0 Å². The number of hydrogen-bond acceptors (Lipinski definition) is 4. The molecule has 0 aliphatic carbocycles. The number of para-hydroxylation sites is 1. The highest BCUT2D eigenvalue weighted by atomic mass is 35.5. The van der Waals surface area contributed by atoms with Crippen molar-refractivity contribution in [1.82, 2.24) is 10.4 Å². The molecule has 14 heavy (non-hydrogen) atoms. The number of nitrogens with zero attached hydrogens (tertiary/aromatic N) is 3. The quantitative estimate of drug-likeness (QED) is 0.679. The van der Waals surface area contributed by atoms with Gasteiger partial charge in [0.1, 0.15) is 15.3 Å². The van der Waals surface area contributed by atoms with Gasteiger partial charge in [0.15, 0.2) is 0 Å². The van der Waals surface area contributed by atoms with Gasteiger partial charge in [-0.15, -0.1) is 0 Å². The van der Waals surface area contributed by atoms with Gasteiger partial charge in [-0.3, -0.25) is 0 Å². The lowest BCUT2D eigenvalue weighted by atomic mass is 10.3. The van der Waals surface area contributed by atoms with E-state index >= 15 is 0 Å². The first-order valence-electron chi connectivity index (χ1n) is 3.56. The smallest absolute Gasteiger partial charge is 0.306 e. The standard InChI is InChI=1S/C7H3Cl2N3O2/c8-4-2-1-3-5(9)6(4)12-10-7(13)14-11-12/h1-3H.